The highest BCUT2D eigenvalue weighted by Crippen LogP contribution is 2.25. The molecule has 0 saturated heterocycles. The maximum absolute atomic E-state index is 14.1. The van der Waals surface area contributed by atoms with Gasteiger partial charge in [0.15, 0.2) is 0 Å². The molecule has 1 aliphatic rings. The molecule has 0 aromatic heterocycles. The molecule has 0 radical (unpaired) electrons. The number of amides is 2. The van der Waals surface area contributed by atoms with E-state index in [1.165, 1.54) is 23.1 Å². The monoisotopic (exact) mass is 612 g/mol. The Kier molecular flexibility index (Phi) is 10.2. The Labute approximate surface area is 250 Å². The summed E-state index contributed by atoms with van der Waals surface area (Å²) in [5.41, 5.74) is 1.18. The molecule has 1 unspecified atom stereocenters. The molecule has 0 aliphatic heterocycles. The van der Waals surface area contributed by atoms with Crippen LogP contribution in [0.5, 0.6) is 0 Å². The fourth-order valence-corrected chi connectivity index (χ4v) is 6.05. The minimum absolute atomic E-state index is 0.000596. The highest BCUT2D eigenvalue weighted by atomic mass is 35.5. The summed E-state index contributed by atoms with van der Waals surface area (Å²) < 4.78 is 26.6. The molecule has 10 nitrogen and oxygen atoms in total. The number of benzene rings is 3. The van der Waals surface area contributed by atoms with Crippen LogP contribution in [-0.4, -0.2) is 54.9 Å². The van der Waals surface area contributed by atoms with E-state index in [9.17, 15) is 28.1 Å². The standard InChI is InChI=1S/C30H33ClN4O6S/c1-42(40,41)34(26-12-7-13-27(19-26)35(38)39)21-29(36)33(20-23-14-16-24(31)17-15-23)28(18-22-8-3-2-4-9-22)30(37)32-25-10-5-6-11-25/h2-4,7-9,12-17,19,25,28H,5-6,10-11,18,20-21H2,1H3,(H,32,37). The molecule has 4 rings (SSSR count). The predicted octanol–water partition coefficient (Wildman–Crippen LogP) is 4.71. The summed E-state index contributed by atoms with van der Waals surface area (Å²) in [7, 11) is -4.05. The van der Waals surface area contributed by atoms with Gasteiger partial charge in [-0.2, -0.15) is 0 Å². The summed E-state index contributed by atoms with van der Waals surface area (Å²) in [6, 6.07) is 20.3. The van der Waals surface area contributed by atoms with Crippen LogP contribution in [0.4, 0.5) is 11.4 Å². The number of nitrogens with one attached hydrogen (secondary N) is 1. The van der Waals surface area contributed by atoms with Crippen LogP contribution < -0.4 is 9.62 Å². The third-order valence-corrected chi connectivity index (χ3v) is 8.64. The lowest BCUT2D eigenvalue weighted by molar-refractivity contribution is -0.384. The van der Waals surface area contributed by atoms with E-state index in [1.807, 2.05) is 30.3 Å². The minimum atomic E-state index is -4.05. The summed E-state index contributed by atoms with van der Waals surface area (Å²) in [5.74, 6) is -0.960. The van der Waals surface area contributed by atoms with E-state index in [0.717, 1.165) is 47.9 Å². The molecule has 1 aliphatic carbocycles. The van der Waals surface area contributed by atoms with Gasteiger partial charge in [-0.05, 0) is 42.2 Å². The third-order valence-electron chi connectivity index (χ3n) is 7.25. The number of sulfonamides is 1. The van der Waals surface area contributed by atoms with Gasteiger partial charge >= 0.3 is 0 Å². The number of nitro benzene ring substituents is 1. The van der Waals surface area contributed by atoms with Gasteiger partial charge in [-0.3, -0.25) is 24.0 Å². The Morgan fingerprint density at radius 1 is 1.00 bits per heavy atom. The zero-order chi connectivity index (χ0) is 30.3. The molecule has 1 N–H and O–H groups in total. The Hall–Kier alpha value is -3.96. The highest BCUT2D eigenvalue weighted by molar-refractivity contribution is 7.92. The van der Waals surface area contributed by atoms with Crippen molar-refractivity contribution in [3.05, 3.63) is 105 Å². The van der Waals surface area contributed by atoms with Gasteiger partial charge in [0.05, 0.1) is 16.9 Å². The van der Waals surface area contributed by atoms with Gasteiger partial charge in [0, 0.05) is 36.2 Å². The van der Waals surface area contributed by atoms with Gasteiger partial charge in [0.2, 0.25) is 21.8 Å². The molecule has 222 valence electrons. The quantitative estimate of drug-likeness (QED) is 0.233. The zero-order valence-corrected chi connectivity index (χ0v) is 24.8. The SMILES string of the molecule is CS(=O)(=O)N(CC(=O)N(Cc1ccc(Cl)cc1)C(Cc1ccccc1)C(=O)NC1CCCC1)c1cccc([N+](=O)[O-])c1. The molecule has 3 aromatic carbocycles. The molecule has 1 saturated carbocycles. The van der Waals surface area contributed by atoms with Crippen LogP contribution in [0.2, 0.25) is 5.02 Å². The Morgan fingerprint density at radius 2 is 1.67 bits per heavy atom. The van der Waals surface area contributed by atoms with E-state index in [2.05, 4.69) is 5.32 Å². The van der Waals surface area contributed by atoms with Crippen LogP contribution in [0, 0.1) is 10.1 Å². The lowest BCUT2D eigenvalue weighted by atomic mass is 10.0. The van der Waals surface area contributed by atoms with Crippen molar-refractivity contribution in [1.29, 1.82) is 0 Å². The number of hydrogen-bond donors (Lipinski definition) is 1. The first-order valence-corrected chi connectivity index (χ1v) is 15.8. The first-order chi connectivity index (χ1) is 20.0. The Balaban J connectivity index is 1.73. The molecule has 1 fully saturated rings. The second kappa shape index (κ2) is 13.8. The summed E-state index contributed by atoms with van der Waals surface area (Å²) in [5, 5.41) is 15.0. The van der Waals surface area contributed by atoms with Crippen LogP contribution in [0.25, 0.3) is 0 Å². The number of hydrogen-bond acceptors (Lipinski definition) is 6. The lowest BCUT2D eigenvalue weighted by Crippen LogP contribution is -2.54. The second-order valence-electron chi connectivity index (χ2n) is 10.4. The van der Waals surface area contributed by atoms with E-state index in [4.69, 9.17) is 11.6 Å². The average Bonchev–Trinajstić information content (AvgIpc) is 3.47. The summed E-state index contributed by atoms with van der Waals surface area (Å²) in [6.07, 6.45) is 4.85. The van der Waals surface area contributed by atoms with Crippen LogP contribution >= 0.6 is 11.6 Å². The van der Waals surface area contributed by atoms with E-state index in [-0.39, 0.29) is 36.3 Å². The molecule has 1 atom stereocenters. The van der Waals surface area contributed by atoms with Gasteiger partial charge in [0.1, 0.15) is 12.6 Å². The van der Waals surface area contributed by atoms with Crippen molar-refractivity contribution >= 4 is 44.8 Å². The topological polar surface area (TPSA) is 130 Å². The summed E-state index contributed by atoms with van der Waals surface area (Å²) in [6.45, 7) is -0.645. The van der Waals surface area contributed by atoms with Crippen LogP contribution in [0.3, 0.4) is 0 Å². The third kappa shape index (κ3) is 8.29. The first-order valence-electron chi connectivity index (χ1n) is 13.6. The van der Waals surface area contributed by atoms with Crippen molar-refractivity contribution in [3.8, 4) is 0 Å². The van der Waals surface area contributed by atoms with Crippen molar-refractivity contribution in [2.24, 2.45) is 0 Å². The largest absolute Gasteiger partial charge is 0.352 e. The average molecular weight is 613 g/mol. The first kappa shape index (κ1) is 31.0. The van der Waals surface area contributed by atoms with Gasteiger partial charge in [0.25, 0.3) is 5.69 Å². The highest BCUT2D eigenvalue weighted by Gasteiger charge is 2.34. The molecular formula is C30H33ClN4O6S. The Morgan fingerprint density at radius 3 is 2.29 bits per heavy atom. The molecule has 2 amide bonds. The van der Waals surface area contributed by atoms with Crippen LogP contribution in [-0.2, 0) is 32.6 Å². The van der Waals surface area contributed by atoms with Gasteiger partial charge in [-0.25, -0.2) is 8.42 Å². The normalized spacial score (nSPS) is 14.2. The summed E-state index contributed by atoms with van der Waals surface area (Å²) >= 11 is 6.08. The Bertz CT molecular complexity index is 1510. The molecule has 42 heavy (non-hydrogen) atoms. The smallest absolute Gasteiger partial charge is 0.271 e. The maximum Gasteiger partial charge on any atom is 0.271 e. The van der Waals surface area contributed by atoms with E-state index < -0.39 is 33.4 Å². The van der Waals surface area contributed by atoms with Crippen molar-refractivity contribution < 1.29 is 22.9 Å². The zero-order valence-electron chi connectivity index (χ0n) is 23.2. The molecule has 12 heteroatoms. The van der Waals surface area contributed by atoms with E-state index in [0.29, 0.717) is 10.6 Å². The van der Waals surface area contributed by atoms with Crippen LogP contribution in [0.15, 0.2) is 78.9 Å². The number of non-ortho nitro benzene ring substituents is 1. The van der Waals surface area contributed by atoms with Crippen LogP contribution in [0.1, 0.15) is 36.8 Å². The second-order valence-corrected chi connectivity index (χ2v) is 12.7. The number of carbonyl (C=O) groups is 2. The maximum atomic E-state index is 14.1. The van der Waals surface area contributed by atoms with Crippen molar-refractivity contribution in [1.82, 2.24) is 10.2 Å². The van der Waals surface area contributed by atoms with Crippen molar-refractivity contribution in [2.45, 2.75) is 50.7 Å². The number of rotatable bonds is 12. The van der Waals surface area contributed by atoms with Crippen molar-refractivity contribution in [3.63, 3.8) is 0 Å². The van der Waals surface area contributed by atoms with E-state index in [1.54, 1.807) is 24.3 Å². The number of carbonyl (C=O) groups excluding carboxylic acids is 2. The lowest BCUT2D eigenvalue weighted by Gasteiger charge is -2.34. The minimum Gasteiger partial charge on any atom is -0.352 e. The molecule has 0 spiro atoms. The molecular weight excluding hydrogens is 580 g/mol. The molecule has 3 aromatic rings. The number of nitro groups is 1. The summed E-state index contributed by atoms with van der Waals surface area (Å²) in [4.78, 5) is 40.1. The fourth-order valence-electron chi connectivity index (χ4n) is 5.08. The van der Waals surface area contributed by atoms with Gasteiger partial charge in [-0.15, -0.1) is 0 Å². The number of nitrogens with zero attached hydrogens (tertiary/aromatic N) is 3. The number of halogens is 1. The van der Waals surface area contributed by atoms with Crippen molar-refractivity contribution in [2.75, 3.05) is 17.1 Å². The van der Waals surface area contributed by atoms with Gasteiger partial charge in [-0.1, -0.05) is 73.0 Å². The molecule has 0 heterocycles. The van der Waals surface area contributed by atoms with E-state index >= 15 is 0 Å². The molecule has 0 bridgehead atoms. The van der Waals surface area contributed by atoms with Gasteiger partial charge < -0.3 is 10.2 Å². The number of anilines is 1. The predicted molar refractivity (Wildman–Crippen MR) is 162 cm³/mol. The fraction of sp³-hybridized carbons (Fsp3) is 0.333.